The Bertz CT molecular complexity index is 1160. The third-order valence-corrected chi connectivity index (χ3v) is 6.28. The number of pyridine rings is 1. The average Bonchev–Trinajstić information content (AvgIpc) is 3.50. The van der Waals surface area contributed by atoms with Gasteiger partial charge in [0.2, 0.25) is 5.89 Å². The summed E-state index contributed by atoms with van der Waals surface area (Å²) in [5, 5.41) is 10.8. The summed E-state index contributed by atoms with van der Waals surface area (Å²) in [7, 11) is 0. The Hall–Kier alpha value is -3.28. The van der Waals surface area contributed by atoms with E-state index in [0.717, 1.165) is 43.7 Å². The van der Waals surface area contributed by atoms with Gasteiger partial charge in [0.05, 0.1) is 6.42 Å². The molecule has 0 aromatic carbocycles. The van der Waals surface area contributed by atoms with E-state index in [4.69, 9.17) is 4.52 Å². The predicted octanol–water partition coefficient (Wildman–Crippen LogP) is 4.41. The maximum atomic E-state index is 12.4. The molecule has 0 saturated carbocycles. The number of anilines is 1. The molecule has 0 saturated heterocycles. The molecule has 12 heteroatoms. The molecule has 8 nitrogen and oxygen atoms in total. The molecule has 0 spiro atoms. The van der Waals surface area contributed by atoms with Crippen molar-refractivity contribution in [2.45, 2.75) is 57.0 Å². The van der Waals surface area contributed by atoms with Gasteiger partial charge in [-0.15, -0.1) is 0 Å². The summed E-state index contributed by atoms with van der Waals surface area (Å²) in [4.78, 5) is 31.9. The molecular formula is C23H23F3N4O4S. The van der Waals surface area contributed by atoms with E-state index < -0.39 is 30.5 Å². The van der Waals surface area contributed by atoms with Crippen molar-refractivity contribution in [1.29, 1.82) is 0 Å². The first kappa shape index (κ1) is 24.8. The number of alkyl halides is 3. The fraction of sp³-hybridized carbons (Fsp3) is 0.435. The molecule has 0 bridgehead atoms. The van der Waals surface area contributed by atoms with Gasteiger partial charge >= 0.3 is 18.1 Å². The number of halogens is 3. The summed E-state index contributed by atoms with van der Waals surface area (Å²) in [5.41, 5.74) is 2.92. The maximum Gasteiger partial charge on any atom is 0.491 e. The third-order valence-electron chi connectivity index (χ3n) is 5.58. The van der Waals surface area contributed by atoms with Crippen LogP contribution in [0.3, 0.4) is 0 Å². The molecule has 3 aromatic heterocycles. The number of fused-ring (bicyclic) bond motifs is 1. The summed E-state index contributed by atoms with van der Waals surface area (Å²) in [6.45, 7) is 0.928. The van der Waals surface area contributed by atoms with Crippen LogP contribution in [-0.4, -0.2) is 39.8 Å². The van der Waals surface area contributed by atoms with Crippen LogP contribution < -0.4 is 5.32 Å². The first-order valence-electron chi connectivity index (χ1n) is 11.2. The van der Waals surface area contributed by atoms with E-state index in [-0.39, 0.29) is 12.3 Å². The highest BCUT2D eigenvalue weighted by molar-refractivity contribution is 7.08. The second-order valence-corrected chi connectivity index (χ2v) is 9.00. The lowest BCUT2D eigenvalue weighted by Crippen LogP contribution is -2.28. The zero-order chi connectivity index (χ0) is 24.8. The Morgan fingerprint density at radius 2 is 2.06 bits per heavy atom. The van der Waals surface area contributed by atoms with Gasteiger partial charge in [-0.05, 0) is 59.7 Å². The molecule has 1 aliphatic rings. The summed E-state index contributed by atoms with van der Waals surface area (Å²) >= 11 is 1.37. The SMILES string of the molecule is O=C(CC(Cc1nc(CCCc2ccc3c(n2)NCCC3)no1)c1ccsc1)OC(=O)C(F)(F)F. The number of nitrogens with zero attached hydrogens (tertiary/aromatic N) is 3. The molecule has 0 fully saturated rings. The summed E-state index contributed by atoms with van der Waals surface area (Å²) < 4.78 is 46.4. The van der Waals surface area contributed by atoms with Crippen LogP contribution >= 0.6 is 11.3 Å². The first-order valence-corrected chi connectivity index (χ1v) is 12.1. The highest BCUT2D eigenvalue weighted by Crippen LogP contribution is 2.27. The Kier molecular flexibility index (Phi) is 7.79. The molecule has 0 amide bonds. The number of esters is 2. The van der Waals surface area contributed by atoms with Gasteiger partial charge in [-0.25, -0.2) is 9.78 Å². The minimum atomic E-state index is -5.24. The van der Waals surface area contributed by atoms with Crippen LogP contribution in [0.25, 0.3) is 0 Å². The van der Waals surface area contributed by atoms with Crippen LogP contribution in [0.4, 0.5) is 19.0 Å². The van der Waals surface area contributed by atoms with Crippen molar-refractivity contribution in [2.24, 2.45) is 0 Å². The van der Waals surface area contributed by atoms with Crippen molar-refractivity contribution >= 4 is 29.1 Å². The van der Waals surface area contributed by atoms with Gasteiger partial charge in [-0.3, -0.25) is 4.79 Å². The smallest absolute Gasteiger partial charge is 0.386 e. The highest BCUT2D eigenvalue weighted by atomic mass is 32.1. The standard InChI is InChI=1S/C23H23F3N4O4S/c24-23(25,26)22(32)33-20(31)12-16(15-8-10-35-13-15)11-19-29-18(30-34-19)5-1-4-17-7-6-14-3-2-9-27-21(14)28-17/h6-8,10,13,16H,1-5,9,11-12H2,(H,27,28). The van der Waals surface area contributed by atoms with Gasteiger partial charge in [0.1, 0.15) is 5.82 Å². The zero-order valence-electron chi connectivity index (χ0n) is 18.6. The van der Waals surface area contributed by atoms with Gasteiger partial charge in [0.25, 0.3) is 0 Å². The molecule has 0 aliphatic carbocycles. The number of aromatic nitrogens is 3. The van der Waals surface area contributed by atoms with E-state index in [2.05, 4.69) is 31.2 Å². The lowest BCUT2D eigenvalue weighted by molar-refractivity contribution is -0.202. The molecule has 1 atom stereocenters. The predicted molar refractivity (Wildman–Crippen MR) is 120 cm³/mol. The molecule has 4 heterocycles. The Morgan fingerprint density at radius 3 is 2.83 bits per heavy atom. The average molecular weight is 509 g/mol. The number of hydrogen-bond donors (Lipinski definition) is 1. The number of hydrogen-bond acceptors (Lipinski definition) is 9. The third kappa shape index (κ3) is 6.87. The normalized spacial score (nSPS) is 14.1. The number of thiophene rings is 1. The molecule has 1 N–H and O–H groups in total. The van der Waals surface area contributed by atoms with E-state index in [1.54, 1.807) is 16.8 Å². The maximum absolute atomic E-state index is 12.4. The second kappa shape index (κ2) is 11.0. The van der Waals surface area contributed by atoms with Crippen LogP contribution in [0.1, 0.15) is 53.7 Å². The fourth-order valence-electron chi connectivity index (χ4n) is 3.84. The Balaban J connectivity index is 1.32. The van der Waals surface area contributed by atoms with E-state index >= 15 is 0 Å². The lowest BCUT2D eigenvalue weighted by Gasteiger charge is -2.17. The van der Waals surface area contributed by atoms with Gasteiger partial charge < -0.3 is 14.6 Å². The number of rotatable bonds is 9. The van der Waals surface area contributed by atoms with E-state index in [0.29, 0.717) is 17.8 Å². The molecule has 1 unspecified atom stereocenters. The number of nitrogens with one attached hydrogen (secondary N) is 1. The quantitative estimate of drug-likeness (QED) is 0.335. The minimum Gasteiger partial charge on any atom is -0.386 e. The highest BCUT2D eigenvalue weighted by Gasteiger charge is 2.42. The van der Waals surface area contributed by atoms with Crippen molar-refractivity contribution < 1.29 is 32.0 Å². The number of carbonyl (C=O) groups is 2. The van der Waals surface area contributed by atoms with Gasteiger partial charge in [0, 0.05) is 31.0 Å². The van der Waals surface area contributed by atoms with Gasteiger partial charge in [0.15, 0.2) is 5.82 Å². The van der Waals surface area contributed by atoms with Crippen molar-refractivity contribution in [3.63, 3.8) is 0 Å². The molecule has 3 aromatic rings. The van der Waals surface area contributed by atoms with Gasteiger partial charge in [-0.1, -0.05) is 11.2 Å². The summed E-state index contributed by atoms with van der Waals surface area (Å²) in [6.07, 6.45) is -1.36. The zero-order valence-corrected chi connectivity index (χ0v) is 19.5. The van der Waals surface area contributed by atoms with Crippen LogP contribution in [0.15, 0.2) is 33.5 Å². The van der Waals surface area contributed by atoms with Gasteiger partial charge in [-0.2, -0.15) is 29.5 Å². The van der Waals surface area contributed by atoms with Crippen LogP contribution in [0, 0.1) is 0 Å². The molecule has 0 radical (unpaired) electrons. The number of carbonyl (C=O) groups excluding carboxylic acids is 2. The van der Waals surface area contributed by atoms with Crippen molar-refractivity contribution in [1.82, 2.24) is 15.1 Å². The van der Waals surface area contributed by atoms with Crippen LogP contribution in [0.5, 0.6) is 0 Å². The van der Waals surface area contributed by atoms with Crippen molar-refractivity contribution in [2.75, 3.05) is 11.9 Å². The fourth-order valence-corrected chi connectivity index (χ4v) is 4.58. The summed E-state index contributed by atoms with van der Waals surface area (Å²) in [6, 6.07) is 5.88. The molecule has 4 rings (SSSR count). The second-order valence-electron chi connectivity index (χ2n) is 8.22. The molecule has 1 aliphatic heterocycles. The first-order chi connectivity index (χ1) is 16.8. The molecule has 186 valence electrons. The monoisotopic (exact) mass is 508 g/mol. The molecule has 35 heavy (non-hydrogen) atoms. The van der Waals surface area contributed by atoms with Crippen LogP contribution in [-0.2, 0) is 40.0 Å². The topological polar surface area (TPSA) is 107 Å². The summed E-state index contributed by atoms with van der Waals surface area (Å²) in [5.74, 6) is -2.68. The van der Waals surface area contributed by atoms with Crippen molar-refractivity contribution in [3.8, 4) is 0 Å². The lowest BCUT2D eigenvalue weighted by atomic mass is 9.95. The number of aryl methyl sites for hydroxylation is 3. The van der Waals surface area contributed by atoms with E-state index in [1.807, 2.05) is 6.07 Å². The van der Waals surface area contributed by atoms with Crippen LogP contribution in [0.2, 0.25) is 0 Å². The van der Waals surface area contributed by atoms with Crippen molar-refractivity contribution in [3.05, 3.63) is 57.5 Å². The number of ether oxygens (including phenoxy) is 1. The largest absolute Gasteiger partial charge is 0.491 e. The minimum absolute atomic E-state index is 0.122. The van der Waals surface area contributed by atoms with E-state index in [1.165, 1.54) is 16.9 Å². The van der Waals surface area contributed by atoms with E-state index in [9.17, 15) is 22.8 Å². The Labute approximate surface area is 202 Å². The Morgan fingerprint density at radius 1 is 1.20 bits per heavy atom. The molecular weight excluding hydrogens is 485 g/mol.